The lowest BCUT2D eigenvalue weighted by Gasteiger charge is -2.33. The highest BCUT2D eigenvalue weighted by molar-refractivity contribution is 6.04. The fourth-order valence-corrected chi connectivity index (χ4v) is 3.56. The molecule has 128 valence electrons. The molecule has 0 aliphatic heterocycles. The summed E-state index contributed by atoms with van der Waals surface area (Å²) < 4.78 is 5.28. The first-order chi connectivity index (χ1) is 11.7. The molecular formula is C19H24N2O3. The van der Waals surface area contributed by atoms with Crippen molar-refractivity contribution in [3.8, 4) is 0 Å². The number of nitrogens with one attached hydrogen (secondary N) is 1. The van der Waals surface area contributed by atoms with Gasteiger partial charge in [0.15, 0.2) is 6.61 Å². The molecule has 1 fully saturated rings. The highest BCUT2D eigenvalue weighted by atomic mass is 16.5. The van der Waals surface area contributed by atoms with Crippen LogP contribution in [0, 0.1) is 0 Å². The number of carbonyl (C=O) groups is 2. The Morgan fingerprint density at radius 3 is 2.71 bits per heavy atom. The van der Waals surface area contributed by atoms with Crippen molar-refractivity contribution in [1.29, 1.82) is 0 Å². The highest BCUT2D eigenvalue weighted by Crippen LogP contribution is 2.23. The van der Waals surface area contributed by atoms with Gasteiger partial charge in [0.1, 0.15) is 0 Å². The number of nitrogens with zero attached hydrogens (tertiary/aromatic N) is 1. The van der Waals surface area contributed by atoms with Crippen LogP contribution >= 0.6 is 0 Å². The van der Waals surface area contributed by atoms with Gasteiger partial charge >= 0.3 is 5.97 Å². The van der Waals surface area contributed by atoms with Gasteiger partial charge in [-0.05, 0) is 25.8 Å². The molecule has 0 bridgehead atoms. The Bertz CT molecular complexity index is 716. The van der Waals surface area contributed by atoms with E-state index in [4.69, 9.17) is 4.74 Å². The molecule has 5 nitrogen and oxygen atoms in total. The van der Waals surface area contributed by atoms with Gasteiger partial charge in [0, 0.05) is 29.7 Å². The van der Waals surface area contributed by atoms with E-state index in [1.165, 1.54) is 19.3 Å². The Morgan fingerprint density at radius 2 is 1.96 bits per heavy atom. The lowest BCUT2D eigenvalue weighted by atomic mass is 9.94. The number of fused-ring (bicyclic) bond motifs is 1. The molecule has 1 aromatic carbocycles. The van der Waals surface area contributed by atoms with Crippen LogP contribution in [0.3, 0.4) is 0 Å². The number of benzene rings is 1. The summed E-state index contributed by atoms with van der Waals surface area (Å²) in [5, 5.41) is 0.814. The number of rotatable bonds is 5. The Hall–Kier alpha value is -2.30. The first-order valence-corrected chi connectivity index (χ1v) is 8.73. The molecule has 1 aliphatic rings. The van der Waals surface area contributed by atoms with Crippen molar-refractivity contribution in [2.75, 3.05) is 13.2 Å². The minimum Gasteiger partial charge on any atom is -0.452 e. The van der Waals surface area contributed by atoms with Gasteiger partial charge < -0.3 is 14.6 Å². The molecule has 0 spiro atoms. The largest absolute Gasteiger partial charge is 0.452 e. The molecule has 0 saturated heterocycles. The lowest BCUT2D eigenvalue weighted by Crippen LogP contribution is -2.43. The first-order valence-electron chi connectivity index (χ1n) is 8.73. The Labute approximate surface area is 142 Å². The maximum Gasteiger partial charge on any atom is 0.340 e. The molecule has 1 amide bonds. The van der Waals surface area contributed by atoms with E-state index in [1.54, 1.807) is 6.20 Å². The minimum absolute atomic E-state index is 0.0995. The van der Waals surface area contributed by atoms with Gasteiger partial charge in [0.25, 0.3) is 5.91 Å². The molecule has 3 rings (SSSR count). The molecule has 1 saturated carbocycles. The van der Waals surface area contributed by atoms with Crippen molar-refractivity contribution in [2.45, 2.75) is 45.1 Å². The first kappa shape index (κ1) is 16.6. The van der Waals surface area contributed by atoms with Crippen molar-refractivity contribution in [1.82, 2.24) is 9.88 Å². The van der Waals surface area contributed by atoms with Gasteiger partial charge in [0.2, 0.25) is 0 Å². The number of aromatic amines is 1. The van der Waals surface area contributed by atoms with E-state index in [2.05, 4.69) is 4.98 Å². The summed E-state index contributed by atoms with van der Waals surface area (Å²) in [6, 6.07) is 7.84. The summed E-state index contributed by atoms with van der Waals surface area (Å²) >= 11 is 0. The molecule has 5 heteroatoms. The monoisotopic (exact) mass is 328 g/mol. The third kappa shape index (κ3) is 3.45. The number of hydrogen-bond acceptors (Lipinski definition) is 3. The Morgan fingerprint density at radius 1 is 1.21 bits per heavy atom. The summed E-state index contributed by atoms with van der Waals surface area (Å²) in [7, 11) is 0. The lowest BCUT2D eigenvalue weighted by molar-refractivity contribution is -0.137. The van der Waals surface area contributed by atoms with Crippen LogP contribution < -0.4 is 0 Å². The second kappa shape index (κ2) is 7.51. The van der Waals surface area contributed by atoms with Crippen LogP contribution in [0.1, 0.15) is 49.4 Å². The van der Waals surface area contributed by atoms with Gasteiger partial charge in [0.05, 0.1) is 5.56 Å². The third-order valence-corrected chi connectivity index (χ3v) is 4.81. The van der Waals surface area contributed by atoms with E-state index in [9.17, 15) is 9.59 Å². The van der Waals surface area contributed by atoms with E-state index in [1.807, 2.05) is 36.1 Å². The second-order valence-electron chi connectivity index (χ2n) is 6.30. The SMILES string of the molecule is CCN(C(=O)COC(=O)c1c[nH]c2ccccc12)C1CCCCC1. The second-order valence-corrected chi connectivity index (χ2v) is 6.30. The van der Waals surface area contributed by atoms with Gasteiger partial charge in [-0.1, -0.05) is 37.5 Å². The average Bonchev–Trinajstić information content (AvgIpc) is 3.05. The molecule has 0 atom stereocenters. The van der Waals surface area contributed by atoms with Crippen molar-refractivity contribution >= 4 is 22.8 Å². The maximum absolute atomic E-state index is 12.5. The van der Waals surface area contributed by atoms with Gasteiger partial charge in [-0.3, -0.25) is 4.79 Å². The number of carbonyl (C=O) groups excluding carboxylic acids is 2. The number of para-hydroxylation sites is 1. The summed E-state index contributed by atoms with van der Waals surface area (Å²) in [4.78, 5) is 29.7. The predicted octanol–water partition coefficient (Wildman–Crippen LogP) is 3.51. The molecule has 1 N–H and O–H groups in total. The van der Waals surface area contributed by atoms with Crippen molar-refractivity contribution in [3.05, 3.63) is 36.0 Å². The van der Waals surface area contributed by atoms with Crippen LogP contribution in [-0.2, 0) is 9.53 Å². The van der Waals surface area contributed by atoms with E-state index >= 15 is 0 Å². The summed E-state index contributed by atoms with van der Waals surface area (Å²) in [5.74, 6) is -0.557. The van der Waals surface area contributed by atoms with Crippen LogP contribution in [0.5, 0.6) is 0 Å². The summed E-state index contributed by atoms with van der Waals surface area (Å²) in [6.45, 7) is 2.45. The van der Waals surface area contributed by atoms with E-state index in [0.717, 1.165) is 23.7 Å². The topological polar surface area (TPSA) is 62.4 Å². The number of aromatic nitrogens is 1. The van der Waals surface area contributed by atoms with Gasteiger partial charge in [-0.25, -0.2) is 4.79 Å². The number of esters is 1. The highest BCUT2D eigenvalue weighted by Gasteiger charge is 2.25. The number of hydrogen-bond donors (Lipinski definition) is 1. The van der Waals surface area contributed by atoms with Crippen molar-refractivity contribution < 1.29 is 14.3 Å². The summed E-state index contributed by atoms with van der Waals surface area (Å²) in [6.07, 6.45) is 7.33. The fourth-order valence-electron chi connectivity index (χ4n) is 3.56. The number of amides is 1. The molecule has 0 radical (unpaired) electrons. The zero-order valence-corrected chi connectivity index (χ0v) is 14.1. The smallest absolute Gasteiger partial charge is 0.340 e. The minimum atomic E-state index is -0.458. The van der Waals surface area contributed by atoms with Crippen LogP contribution in [0.4, 0.5) is 0 Å². The quantitative estimate of drug-likeness (QED) is 0.854. The van der Waals surface area contributed by atoms with Crippen molar-refractivity contribution in [3.63, 3.8) is 0 Å². The van der Waals surface area contributed by atoms with E-state index in [0.29, 0.717) is 18.2 Å². The number of H-pyrrole nitrogens is 1. The zero-order chi connectivity index (χ0) is 16.9. The normalized spacial score (nSPS) is 15.4. The molecule has 1 heterocycles. The molecule has 2 aromatic rings. The molecule has 24 heavy (non-hydrogen) atoms. The van der Waals surface area contributed by atoms with Crippen LogP contribution in [0.2, 0.25) is 0 Å². The predicted molar refractivity (Wildman–Crippen MR) is 92.8 cm³/mol. The Kier molecular flexibility index (Phi) is 5.18. The molecular weight excluding hydrogens is 304 g/mol. The maximum atomic E-state index is 12.5. The van der Waals surface area contributed by atoms with Crippen LogP contribution in [-0.4, -0.2) is 41.0 Å². The van der Waals surface area contributed by atoms with Gasteiger partial charge in [-0.15, -0.1) is 0 Å². The zero-order valence-electron chi connectivity index (χ0n) is 14.1. The van der Waals surface area contributed by atoms with E-state index in [-0.39, 0.29) is 12.5 Å². The van der Waals surface area contributed by atoms with Gasteiger partial charge in [-0.2, -0.15) is 0 Å². The molecule has 0 unspecified atom stereocenters. The third-order valence-electron chi connectivity index (χ3n) is 4.81. The van der Waals surface area contributed by atoms with Crippen LogP contribution in [0.15, 0.2) is 30.5 Å². The Balaban J connectivity index is 1.61. The van der Waals surface area contributed by atoms with Crippen molar-refractivity contribution in [2.24, 2.45) is 0 Å². The molecule has 1 aromatic heterocycles. The number of ether oxygens (including phenoxy) is 1. The molecule has 1 aliphatic carbocycles. The average molecular weight is 328 g/mol. The van der Waals surface area contributed by atoms with E-state index < -0.39 is 5.97 Å². The summed E-state index contributed by atoms with van der Waals surface area (Å²) in [5.41, 5.74) is 1.35. The fraction of sp³-hybridized carbons (Fsp3) is 0.474. The standard InChI is InChI=1S/C19H24N2O3/c1-2-21(14-8-4-3-5-9-14)18(22)13-24-19(23)16-12-20-17-11-7-6-10-15(16)17/h6-7,10-12,14,20H,2-5,8-9,13H2,1H3. The van der Waals surface area contributed by atoms with Crippen LogP contribution in [0.25, 0.3) is 10.9 Å². The number of likely N-dealkylation sites (N-methyl/N-ethyl adjacent to an activating group) is 1.